The quantitative estimate of drug-likeness (QED) is 0.706. The Kier molecular flexibility index (Phi) is 1.72. The number of hydrogen-bond donors (Lipinski definition) is 0. The van der Waals surface area contributed by atoms with Crippen LogP contribution < -0.4 is 4.90 Å². The maximum Gasteiger partial charge on any atom is 0.225 e. The van der Waals surface area contributed by atoms with Crippen LogP contribution in [-0.4, -0.2) is 23.1 Å². The minimum Gasteiger partial charge on any atom is -0.340 e. The van der Waals surface area contributed by atoms with E-state index in [1.165, 1.54) is 25.1 Å². The molecule has 1 aliphatic heterocycles. The molecule has 0 radical (unpaired) electrons. The van der Waals surface area contributed by atoms with Gasteiger partial charge < -0.3 is 4.90 Å². The molecule has 0 aromatic carbocycles. The molecule has 2 atom stereocenters. The van der Waals surface area contributed by atoms with Gasteiger partial charge in [-0.1, -0.05) is 6.92 Å². The predicted molar refractivity (Wildman–Crippen MR) is 55.2 cm³/mol. The third-order valence-corrected chi connectivity index (χ3v) is 3.36. The summed E-state index contributed by atoms with van der Waals surface area (Å²) >= 11 is 0. The highest BCUT2D eigenvalue weighted by atomic mass is 15.3. The number of piperidine rings is 1. The van der Waals surface area contributed by atoms with Crippen molar-refractivity contribution in [1.29, 1.82) is 0 Å². The van der Waals surface area contributed by atoms with Gasteiger partial charge in [0.05, 0.1) is 0 Å². The van der Waals surface area contributed by atoms with Crippen molar-refractivity contribution in [2.24, 2.45) is 11.8 Å². The number of anilines is 1. The molecular formula is C11H15N3. The van der Waals surface area contributed by atoms with E-state index >= 15 is 0 Å². The third kappa shape index (κ3) is 1.27. The molecule has 1 aromatic rings. The third-order valence-electron chi connectivity index (χ3n) is 3.36. The van der Waals surface area contributed by atoms with E-state index in [-0.39, 0.29) is 0 Å². The molecule has 1 saturated carbocycles. The van der Waals surface area contributed by atoms with Gasteiger partial charge in [0.15, 0.2) is 0 Å². The van der Waals surface area contributed by atoms with E-state index in [0.29, 0.717) is 0 Å². The molecule has 1 aliphatic carbocycles. The average Bonchev–Trinajstić information content (AvgIpc) is 2.86. The van der Waals surface area contributed by atoms with Gasteiger partial charge in [0.1, 0.15) is 0 Å². The van der Waals surface area contributed by atoms with Gasteiger partial charge in [0, 0.05) is 25.5 Å². The lowest BCUT2D eigenvalue weighted by Gasteiger charge is -2.17. The molecule has 14 heavy (non-hydrogen) atoms. The Morgan fingerprint density at radius 3 is 2.50 bits per heavy atom. The van der Waals surface area contributed by atoms with Crippen LogP contribution in [0.4, 0.5) is 5.95 Å². The zero-order valence-electron chi connectivity index (χ0n) is 8.48. The van der Waals surface area contributed by atoms with Gasteiger partial charge in [-0.3, -0.25) is 0 Å². The molecule has 3 heteroatoms. The molecular weight excluding hydrogens is 174 g/mol. The van der Waals surface area contributed by atoms with Gasteiger partial charge in [-0.2, -0.15) is 0 Å². The second-order valence-electron chi connectivity index (χ2n) is 4.41. The second-order valence-corrected chi connectivity index (χ2v) is 4.41. The Morgan fingerprint density at radius 2 is 1.93 bits per heavy atom. The zero-order valence-corrected chi connectivity index (χ0v) is 8.48. The molecule has 3 rings (SSSR count). The first-order valence-electron chi connectivity index (χ1n) is 5.42. The van der Waals surface area contributed by atoms with Crippen LogP contribution in [0, 0.1) is 11.8 Å². The van der Waals surface area contributed by atoms with E-state index in [0.717, 1.165) is 24.2 Å². The molecule has 1 saturated heterocycles. The van der Waals surface area contributed by atoms with E-state index in [1.807, 2.05) is 12.4 Å². The van der Waals surface area contributed by atoms with Crippen LogP contribution in [0.1, 0.15) is 18.9 Å². The van der Waals surface area contributed by atoms with E-state index in [9.17, 15) is 0 Å². The van der Waals surface area contributed by atoms with Gasteiger partial charge in [0.2, 0.25) is 5.95 Å². The van der Waals surface area contributed by atoms with E-state index in [2.05, 4.69) is 21.8 Å². The van der Waals surface area contributed by atoms with Crippen LogP contribution in [0.2, 0.25) is 0 Å². The van der Waals surface area contributed by atoms with Crippen LogP contribution >= 0.6 is 0 Å². The smallest absolute Gasteiger partial charge is 0.225 e. The summed E-state index contributed by atoms with van der Waals surface area (Å²) in [5.74, 6) is 2.82. The van der Waals surface area contributed by atoms with Crippen molar-refractivity contribution in [1.82, 2.24) is 9.97 Å². The Labute approximate surface area is 84.2 Å². The van der Waals surface area contributed by atoms with E-state index in [1.54, 1.807) is 0 Å². The fourth-order valence-corrected chi connectivity index (χ4v) is 2.26. The fourth-order valence-electron chi connectivity index (χ4n) is 2.26. The van der Waals surface area contributed by atoms with Crippen molar-refractivity contribution in [2.45, 2.75) is 19.8 Å². The fraction of sp³-hybridized carbons (Fsp3) is 0.636. The number of nitrogens with zero attached hydrogens (tertiary/aromatic N) is 3. The normalized spacial score (nSPS) is 29.1. The molecule has 0 amide bonds. The summed E-state index contributed by atoms with van der Waals surface area (Å²) in [6.45, 7) is 4.48. The first-order chi connectivity index (χ1) is 6.86. The first kappa shape index (κ1) is 8.21. The summed E-state index contributed by atoms with van der Waals surface area (Å²) in [6.07, 6.45) is 6.35. The number of aryl methyl sites for hydroxylation is 1. The van der Waals surface area contributed by atoms with Crippen LogP contribution in [0.3, 0.4) is 0 Å². The topological polar surface area (TPSA) is 29.0 Å². The standard InChI is InChI=1S/C11H15N3/c1-2-8-4-12-11(13-5-8)14-6-9-3-10(9)7-14/h4-5,9-10H,2-3,6-7H2,1H3/t9-,10+. The lowest BCUT2D eigenvalue weighted by atomic mass is 10.3. The summed E-state index contributed by atoms with van der Waals surface area (Å²) in [6, 6.07) is 0. The van der Waals surface area contributed by atoms with Crippen molar-refractivity contribution in [3.63, 3.8) is 0 Å². The van der Waals surface area contributed by atoms with Crippen LogP contribution in [0.5, 0.6) is 0 Å². The van der Waals surface area contributed by atoms with Crippen molar-refractivity contribution in [3.8, 4) is 0 Å². The zero-order chi connectivity index (χ0) is 9.54. The maximum atomic E-state index is 4.40. The van der Waals surface area contributed by atoms with Crippen molar-refractivity contribution < 1.29 is 0 Å². The van der Waals surface area contributed by atoms with Crippen LogP contribution in [0.15, 0.2) is 12.4 Å². The Balaban J connectivity index is 1.76. The predicted octanol–water partition coefficient (Wildman–Crippen LogP) is 1.50. The summed E-state index contributed by atoms with van der Waals surface area (Å²) in [4.78, 5) is 11.1. The molecule has 2 fully saturated rings. The first-order valence-corrected chi connectivity index (χ1v) is 5.42. The summed E-state index contributed by atoms with van der Waals surface area (Å²) in [7, 11) is 0. The minimum absolute atomic E-state index is 0.925. The molecule has 2 heterocycles. The molecule has 0 bridgehead atoms. The van der Waals surface area contributed by atoms with Gasteiger partial charge in [-0.05, 0) is 30.2 Å². The lowest BCUT2D eigenvalue weighted by molar-refractivity contribution is 0.784. The number of hydrogen-bond acceptors (Lipinski definition) is 3. The van der Waals surface area contributed by atoms with E-state index < -0.39 is 0 Å². The maximum absolute atomic E-state index is 4.40. The Bertz CT molecular complexity index is 323. The Morgan fingerprint density at radius 1 is 1.29 bits per heavy atom. The SMILES string of the molecule is CCc1cnc(N2C[C@H]3C[C@H]3C2)nc1. The van der Waals surface area contributed by atoms with Crippen molar-refractivity contribution in [2.75, 3.05) is 18.0 Å². The number of rotatable bonds is 2. The molecule has 1 aromatic heterocycles. The van der Waals surface area contributed by atoms with E-state index in [4.69, 9.17) is 0 Å². The molecule has 2 aliphatic rings. The average molecular weight is 189 g/mol. The minimum atomic E-state index is 0.925. The molecule has 74 valence electrons. The molecule has 0 N–H and O–H groups in total. The second kappa shape index (κ2) is 2.94. The molecule has 3 nitrogen and oxygen atoms in total. The van der Waals surface area contributed by atoms with Gasteiger partial charge >= 0.3 is 0 Å². The van der Waals surface area contributed by atoms with Gasteiger partial charge in [-0.25, -0.2) is 9.97 Å². The van der Waals surface area contributed by atoms with Gasteiger partial charge in [0.25, 0.3) is 0 Å². The highest BCUT2D eigenvalue weighted by molar-refractivity contribution is 5.34. The molecule has 0 spiro atoms. The van der Waals surface area contributed by atoms with Crippen molar-refractivity contribution >= 4 is 5.95 Å². The highest BCUT2D eigenvalue weighted by Gasteiger charge is 2.45. The van der Waals surface area contributed by atoms with Crippen LogP contribution in [-0.2, 0) is 6.42 Å². The van der Waals surface area contributed by atoms with Crippen LogP contribution in [0.25, 0.3) is 0 Å². The monoisotopic (exact) mass is 189 g/mol. The lowest BCUT2D eigenvalue weighted by Crippen LogP contribution is -2.23. The molecule has 0 unspecified atom stereocenters. The highest BCUT2D eigenvalue weighted by Crippen LogP contribution is 2.45. The van der Waals surface area contributed by atoms with Gasteiger partial charge in [-0.15, -0.1) is 0 Å². The Hall–Kier alpha value is -1.12. The number of aromatic nitrogens is 2. The van der Waals surface area contributed by atoms with Crippen molar-refractivity contribution in [3.05, 3.63) is 18.0 Å². The largest absolute Gasteiger partial charge is 0.340 e. The summed E-state index contributed by atoms with van der Waals surface area (Å²) in [5, 5.41) is 0. The summed E-state index contributed by atoms with van der Waals surface area (Å²) < 4.78 is 0. The number of fused-ring (bicyclic) bond motifs is 1. The summed E-state index contributed by atoms with van der Waals surface area (Å²) in [5.41, 5.74) is 1.22.